The van der Waals surface area contributed by atoms with Crippen molar-refractivity contribution < 1.29 is 4.79 Å². The zero-order chi connectivity index (χ0) is 14.7. The second kappa shape index (κ2) is 6.23. The van der Waals surface area contributed by atoms with Gasteiger partial charge in [0.05, 0.1) is 6.04 Å². The molecule has 20 heavy (non-hydrogen) atoms. The number of nitrogens with two attached hydrogens (primary N) is 1. The molecule has 2 aromatic rings. The fourth-order valence-corrected chi connectivity index (χ4v) is 3.53. The third kappa shape index (κ3) is 3.10. The average molecular weight is 310 g/mol. The van der Waals surface area contributed by atoms with E-state index in [0.717, 1.165) is 4.88 Å². The highest BCUT2D eigenvalue weighted by atomic mass is 32.1. The number of nitrogens with zero attached hydrogens (tertiary/aromatic N) is 1. The van der Waals surface area contributed by atoms with Crippen molar-refractivity contribution in [3.05, 3.63) is 27.3 Å². The van der Waals surface area contributed by atoms with Crippen LogP contribution in [0.2, 0.25) is 0 Å². The van der Waals surface area contributed by atoms with Crippen molar-refractivity contribution in [1.82, 2.24) is 10.3 Å². The smallest absolute Gasteiger partial charge is 0.265 e. The first-order chi connectivity index (χ1) is 9.52. The summed E-state index contributed by atoms with van der Waals surface area (Å²) in [4.78, 5) is 18.1. The van der Waals surface area contributed by atoms with Crippen LogP contribution in [0.1, 0.15) is 34.4 Å². The number of nitrogens with one attached hydrogen (secondary N) is 2. The van der Waals surface area contributed by atoms with E-state index < -0.39 is 0 Å². The third-order valence-electron chi connectivity index (χ3n) is 2.88. The molecule has 0 aromatic carbocycles. The number of hydrogen-bond donors (Lipinski definition) is 3. The zero-order valence-corrected chi connectivity index (χ0v) is 13.3. The molecule has 2 rings (SSSR count). The average Bonchev–Trinajstić information content (AvgIpc) is 3.04. The second-order valence-electron chi connectivity index (χ2n) is 4.69. The van der Waals surface area contributed by atoms with Gasteiger partial charge in [-0.15, -0.1) is 11.3 Å². The van der Waals surface area contributed by atoms with Crippen LogP contribution in [0.25, 0.3) is 0 Å². The summed E-state index contributed by atoms with van der Waals surface area (Å²) in [5.41, 5.74) is 5.79. The maximum Gasteiger partial charge on any atom is 0.265 e. The van der Waals surface area contributed by atoms with Crippen LogP contribution in [0.3, 0.4) is 0 Å². The Morgan fingerprint density at radius 2 is 2.20 bits per heavy atom. The van der Waals surface area contributed by atoms with E-state index in [4.69, 9.17) is 5.73 Å². The van der Waals surface area contributed by atoms with Crippen molar-refractivity contribution in [3.8, 4) is 0 Å². The lowest BCUT2D eigenvalue weighted by atomic mass is 10.0. The van der Waals surface area contributed by atoms with Crippen molar-refractivity contribution in [2.75, 3.05) is 18.1 Å². The lowest BCUT2D eigenvalue weighted by molar-refractivity contribution is 0.0931. The Kier molecular flexibility index (Phi) is 4.61. The molecule has 108 valence electrons. The largest absolute Gasteiger partial charge is 0.382 e. The van der Waals surface area contributed by atoms with E-state index in [1.165, 1.54) is 11.3 Å². The molecule has 0 aliphatic heterocycles. The van der Waals surface area contributed by atoms with E-state index in [1.807, 2.05) is 17.5 Å². The van der Waals surface area contributed by atoms with Crippen molar-refractivity contribution >= 4 is 39.5 Å². The first-order valence-electron chi connectivity index (χ1n) is 6.31. The number of hydrogen-bond acceptors (Lipinski definition) is 6. The Balaban J connectivity index is 2.18. The Morgan fingerprint density at radius 1 is 1.45 bits per heavy atom. The van der Waals surface area contributed by atoms with Gasteiger partial charge in [0.2, 0.25) is 0 Å². The van der Waals surface area contributed by atoms with Crippen molar-refractivity contribution in [3.63, 3.8) is 0 Å². The van der Waals surface area contributed by atoms with E-state index >= 15 is 0 Å². The number of carbonyl (C=O) groups is 1. The maximum absolute atomic E-state index is 12.4. The van der Waals surface area contributed by atoms with Gasteiger partial charge in [-0.2, -0.15) is 0 Å². The van der Waals surface area contributed by atoms with E-state index in [-0.39, 0.29) is 17.8 Å². The van der Waals surface area contributed by atoms with E-state index in [0.29, 0.717) is 15.9 Å². The summed E-state index contributed by atoms with van der Waals surface area (Å²) in [6, 6.07) is 4.01. The molecule has 0 saturated heterocycles. The van der Waals surface area contributed by atoms with Crippen molar-refractivity contribution in [1.29, 1.82) is 0 Å². The van der Waals surface area contributed by atoms with Gasteiger partial charge >= 0.3 is 0 Å². The highest BCUT2D eigenvalue weighted by Gasteiger charge is 2.23. The van der Waals surface area contributed by atoms with Crippen LogP contribution < -0.4 is 16.4 Å². The first-order valence-corrected chi connectivity index (χ1v) is 8.00. The Hall–Kier alpha value is -1.60. The van der Waals surface area contributed by atoms with Crippen LogP contribution in [-0.4, -0.2) is 17.9 Å². The summed E-state index contributed by atoms with van der Waals surface area (Å²) in [7, 11) is 1.75. The molecule has 0 radical (unpaired) electrons. The van der Waals surface area contributed by atoms with E-state index in [2.05, 4.69) is 29.5 Å². The molecule has 0 fully saturated rings. The molecule has 0 spiro atoms. The Bertz CT molecular complexity index is 577. The molecule has 1 atom stereocenters. The Morgan fingerprint density at radius 3 is 2.70 bits per heavy atom. The second-order valence-corrected chi connectivity index (χ2v) is 6.67. The fourth-order valence-electron chi connectivity index (χ4n) is 1.84. The molecule has 0 bridgehead atoms. The predicted octanol–water partition coefficient (Wildman–Crippen LogP) is 2.96. The summed E-state index contributed by atoms with van der Waals surface area (Å²) in [5.74, 6) is 0.398. The van der Waals surface area contributed by atoms with Gasteiger partial charge in [-0.05, 0) is 17.4 Å². The maximum atomic E-state index is 12.4. The van der Waals surface area contributed by atoms with Crippen LogP contribution >= 0.6 is 22.7 Å². The number of aromatic nitrogens is 1. The van der Waals surface area contributed by atoms with E-state index in [1.54, 1.807) is 18.4 Å². The minimum atomic E-state index is -0.173. The van der Waals surface area contributed by atoms with Gasteiger partial charge in [0.1, 0.15) is 10.7 Å². The standard InChI is InChI=1S/C13H18N4OS2/c1-7(2)9(8-5-4-6-19-8)16-12(18)10-11(14)17-13(15-3)20-10/h4-7,9H,14H2,1-3H3,(H,15,17)(H,16,18). The molecule has 0 aliphatic carbocycles. The monoisotopic (exact) mass is 310 g/mol. The van der Waals surface area contributed by atoms with Crippen LogP contribution in [0.4, 0.5) is 10.9 Å². The van der Waals surface area contributed by atoms with E-state index in [9.17, 15) is 4.79 Å². The minimum Gasteiger partial charge on any atom is -0.382 e. The van der Waals surface area contributed by atoms with Gasteiger partial charge in [-0.25, -0.2) is 4.98 Å². The molecule has 1 amide bonds. The van der Waals surface area contributed by atoms with Gasteiger partial charge in [0.15, 0.2) is 5.13 Å². The number of rotatable bonds is 5. The molecule has 0 saturated carbocycles. The van der Waals surface area contributed by atoms with Crippen molar-refractivity contribution in [2.45, 2.75) is 19.9 Å². The molecule has 2 aromatic heterocycles. The number of carbonyl (C=O) groups excluding carboxylic acids is 1. The van der Waals surface area contributed by atoms with Gasteiger partial charge in [0.25, 0.3) is 5.91 Å². The lowest BCUT2D eigenvalue weighted by Gasteiger charge is -2.20. The first kappa shape index (κ1) is 14.8. The summed E-state index contributed by atoms with van der Waals surface area (Å²) in [6.45, 7) is 4.17. The normalized spacial score (nSPS) is 12.4. The molecule has 7 heteroatoms. The highest BCUT2D eigenvalue weighted by Crippen LogP contribution is 2.29. The lowest BCUT2D eigenvalue weighted by Crippen LogP contribution is -2.31. The van der Waals surface area contributed by atoms with Gasteiger partial charge in [0, 0.05) is 11.9 Å². The predicted molar refractivity (Wildman–Crippen MR) is 85.4 cm³/mol. The summed E-state index contributed by atoms with van der Waals surface area (Å²) >= 11 is 2.90. The van der Waals surface area contributed by atoms with Gasteiger partial charge in [-0.1, -0.05) is 31.3 Å². The topological polar surface area (TPSA) is 80.0 Å². The summed E-state index contributed by atoms with van der Waals surface area (Å²) in [6.07, 6.45) is 0. The molecule has 4 N–H and O–H groups in total. The molecule has 1 unspecified atom stereocenters. The molecular formula is C13H18N4OS2. The number of thiazole rings is 1. The van der Waals surface area contributed by atoms with Crippen LogP contribution in [0, 0.1) is 5.92 Å². The molecular weight excluding hydrogens is 292 g/mol. The fraction of sp³-hybridized carbons (Fsp3) is 0.385. The van der Waals surface area contributed by atoms with Crippen LogP contribution in [-0.2, 0) is 0 Å². The van der Waals surface area contributed by atoms with Crippen LogP contribution in [0.15, 0.2) is 17.5 Å². The third-order valence-corrected chi connectivity index (χ3v) is 4.92. The number of thiophene rings is 1. The highest BCUT2D eigenvalue weighted by molar-refractivity contribution is 7.18. The Labute approximate surface area is 126 Å². The molecule has 5 nitrogen and oxygen atoms in total. The minimum absolute atomic E-state index is 0.0120. The number of nitrogen functional groups attached to an aromatic ring is 1. The quantitative estimate of drug-likeness (QED) is 0.793. The van der Waals surface area contributed by atoms with Crippen molar-refractivity contribution in [2.24, 2.45) is 5.92 Å². The summed E-state index contributed by atoms with van der Waals surface area (Å²) < 4.78 is 0. The number of anilines is 2. The zero-order valence-electron chi connectivity index (χ0n) is 11.6. The van der Waals surface area contributed by atoms with Gasteiger partial charge in [-0.3, -0.25) is 4.79 Å². The van der Waals surface area contributed by atoms with Crippen LogP contribution in [0.5, 0.6) is 0 Å². The number of amides is 1. The SMILES string of the molecule is CNc1nc(N)c(C(=O)NC(c2cccs2)C(C)C)s1. The molecule has 0 aliphatic rings. The summed E-state index contributed by atoms with van der Waals surface area (Å²) in [5, 5.41) is 8.60. The van der Waals surface area contributed by atoms with Gasteiger partial charge < -0.3 is 16.4 Å². The molecule has 2 heterocycles.